The highest BCUT2D eigenvalue weighted by Gasteiger charge is 2.50. The standard InChI is InChI=1S/C13H14N4O3/c1-17-11(19)13(6-14,16-12(17)20)8-2-3-9-7(4-8)5-10(18)15-9/h2-4H,5-6,14H2,1H3,(H,15,18)(H,16,20). The topological polar surface area (TPSA) is 105 Å². The summed E-state index contributed by atoms with van der Waals surface area (Å²) >= 11 is 0. The Morgan fingerprint density at radius 1 is 1.35 bits per heavy atom. The molecule has 20 heavy (non-hydrogen) atoms. The smallest absolute Gasteiger partial charge is 0.325 e. The number of amides is 4. The molecule has 2 aliphatic heterocycles. The second kappa shape index (κ2) is 4.04. The molecule has 1 saturated heterocycles. The number of hydrogen-bond acceptors (Lipinski definition) is 4. The van der Waals surface area contributed by atoms with E-state index in [1.807, 2.05) is 0 Å². The van der Waals surface area contributed by atoms with Crippen molar-refractivity contribution in [2.45, 2.75) is 12.0 Å². The summed E-state index contributed by atoms with van der Waals surface area (Å²) in [5, 5.41) is 5.36. The third-order valence-corrected chi connectivity index (χ3v) is 3.82. The summed E-state index contributed by atoms with van der Waals surface area (Å²) in [6.45, 7) is -0.0396. The number of nitrogens with one attached hydrogen (secondary N) is 2. The van der Waals surface area contributed by atoms with E-state index in [0.717, 1.165) is 16.2 Å². The van der Waals surface area contributed by atoms with Gasteiger partial charge in [0.05, 0.1) is 6.42 Å². The van der Waals surface area contributed by atoms with Crippen molar-refractivity contribution in [3.05, 3.63) is 29.3 Å². The number of likely N-dealkylation sites (N-methyl/N-ethyl adjacent to an activating group) is 1. The first kappa shape index (κ1) is 12.6. The Kier molecular flexibility index (Phi) is 2.55. The summed E-state index contributed by atoms with van der Waals surface area (Å²) in [7, 11) is 1.41. The molecule has 4 N–H and O–H groups in total. The molecule has 0 bridgehead atoms. The number of nitrogens with two attached hydrogens (primary N) is 1. The van der Waals surface area contributed by atoms with Crippen molar-refractivity contribution < 1.29 is 14.4 Å². The molecule has 2 aliphatic rings. The van der Waals surface area contributed by atoms with Gasteiger partial charge in [0, 0.05) is 19.3 Å². The predicted molar refractivity (Wildman–Crippen MR) is 70.8 cm³/mol. The van der Waals surface area contributed by atoms with E-state index >= 15 is 0 Å². The lowest BCUT2D eigenvalue weighted by molar-refractivity contribution is -0.130. The number of rotatable bonds is 2. The van der Waals surface area contributed by atoms with Gasteiger partial charge in [-0.25, -0.2) is 4.79 Å². The van der Waals surface area contributed by atoms with Crippen LogP contribution in [0.25, 0.3) is 0 Å². The Hall–Kier alpha value is -2.41. The molecule has 0 aliphatic carbocycles. The zero-order valence-corrected chi connectivity index (χ0v) is 10.9. The maximum Gasteiger partial charge on any atom is 0.325 e. The lowest BCUT2D eigenvalue weighted by atomic mass is 9.88. The van der Waals surface area contributed by atoms with Gasteiger partial charge in [-0.05, 0) is 17.2 Å². The maximum atomic E-state index is 12.3. The fourth-order valence-corrected chi connectivity index (χ4v) is 2.64. The van der Waals surface area contributed by atoms with Gasteiger partial charge in [-0.15, -0.1) is 0 Å². The minimum atomic E-state index is -1.24. The fourth-order valence-electron chi connectivity index (χ4n) is 2.64. The van der Waals surface area contributed by atoms with Crippen molar-refractivity contribution >= 4 is 23.5 Å². The molecule has 104 valence electrons. The Morgan fingerprint density at radius 3 is 2.70 bits per heavy atom. The molecule has 0 radical (unpaired) electrons. The van der Waals surface area contributed by atoms with Crippen molar-refractivity contribution in [2.24, 2.45) is 5.73 Å². The van der Waals surface area contributed by atoms with E-state index in [9.17, 15) is 14.4 Å². The van der Waals surface area contributed by atoms with Crippen molar-refractivity contribution in [3.8, 4) is 0 Å². The van der Waals surface area contributed by atoms with Gasteiger partial charge in [-0.1, -0.05) is 12.1 Å². The molecule has 0 aromatic heterocycles. The molecule has 4 amide bonds. The first-order valence-electron chi connectivity index (χ1n) is 6.21. The summed E-state index contributed by atoms with van der Waals surface area (Å²) in [6, 6.07) is 4.70. The lowest BCUT2D eigenvalue weighted by Gasteiger charge is -2.25. The number of carbonyl (C=O) groups is 3. The van der Waals surface area contributed by atoms with Gasteiger partial charge < -0.3 is 16.4 Å². The SMILES string of the molecule is CN1C(=O)NC(CN)(c2ccc3c(c2)CC(=O)N3)C1=O. The molecule has 1 unspecified atom stereocenters. The van der Waals surface area contributed by atoms with Crippen molar-refractivity contribution in [1.29, 1.82) is 0 Å². The highest BCUT2D eigenvalue weighted by molar-refractivity contribution is 6.07. The van der Waals surface area contributed by atoms with Crippen LogP contribution in [0.5, 0.6) is 0 Å². The molecule has 1 atom stereocenters. The van der Waals surface area contributed by atoms with Crippen LogP contribution in [0.4, 0.5) is 10.5 Å². The van der Waals surface area contributed by atoms with Crippen molar-refractivity contribution in [1.82, 2.24) is 10.2 Å². The van der Waals surface area contributed by atoms with Crippen LogP contribution in [-0.2, 0) is 21.5 Å². The molecule has 1 fully saturated rings. The molecule has 3 rings (SSSR count). The average Bonchev–Trinajstić information content (AvgIpc) is 2.90. The fraction of sp³-hybridized carbons (Fsp3) is 0.308. The van der Waals surface area contributed by atoms with Gasteiger partial charge in [-0.2, -0.15) is 0 Å². The van der Waals surface area contributed by atoms with Crippen molar-refractivity contribution in [3.63, 3.8) is 0 Å². The molecule has 1 aromatic rings. The predicted octanol–water partition coefficient (Wildman–Crippen LogP) is -0.483. The first-order valence-corrected chi connectivity index (χ1v) is 6.21. The van der Waals surface area contributed by atoms with Gasteiger partial charge >= 0.3 is 6.03 Å². The minimum absolute atomic E-state index is 0.0396. The van der Waals surface area contributed by atoms with Crippen LogP contribution in [0.15, 0.2) is 18.2 Å². The minimum Gasteiger partial charge on any atom is -0.327 e. The molecule has 7 nitrogen and oxygen atoms in total. The average molecular weight is 274 g/mol. The Labute approximate surface area is 115 Å². The Bertz CT molecular complexity index is 643. The third-order valence-electron chi connectivity index (χ3n) is 3.82. The summed E-state index contributed by atoms with van der Waals surface area (Å²) in [5.74, 6) is -0.472. The van der Waals surface area contributed by atoms with Crippen LogP contribution in [0.3, 0.4) is 0 Å². The van der Waals surface area contributed by atoms with Crippen LogP contribution in [0.2, 0.25) is 0 Å². The molecular formula is C13H14N4O3. The van der Waals surface area contributed by atoms with Gasteiger partial charge in [0.2, 0.25) is 5.91 Å². The van der Waals surface area contributed by atoms with Crippen LogP contribution in [-0.4, -0.2) is 36.3 Å². The second-order valence-corrected chi connectivity index (χ2v) is 5.00. The molecular weight excluding hydrogens is 260 g/mol. The van der Waals surface area contributed by atoms with Crippen molar-refractivity contribution in [2.75, 3.05) is 18.9 Å². The van der Waals surface area contributed by atoms with Gasteiger partial charge in [0.1, 0.15) is 0 Å². The quantitative estimate of drug-likeness (QED) is 0.633. The van der Waals surface area contributed by atoms with E-state index in [-0.39, 0.29) is 24.8 Å². The summed E-state index contributed by atoms with van der Waals surface area (Å²) in [6.07, 6.45) is 0.266. The molecule has 1 aromatic carbocycles. The van der Waals surface area contributed by atoms with E-state index in [1.54, 1.807) is 18.2 Å². The van der Waals surface area contributed by atoms with E-state index in [4.69, 9.17) is 5.73 Å². The summed E-state index contributed by atoms with van der Waals surface area (Å²) in [4.78, 5) is 36.4. The number of imide groups is 1. The zero-order chi connectivity index (χ0) is 14.5. The molecule has 7 heteroatoms. The maximum absolute atomic E-state index is 12.3. The Balaban J connectivity index is 2.08. The highest BCUT2D eigenvalue weighted by Crippen LogP contribution is 2.32. The molecule has 2 heterocycles. The van der Waals surface area contributed by atoms with E-state index < -0.39 is 11.6 Å². The number of fused-ring (bicyclic) bond motifs is 1. The molecule has 0 spiro atoms. The normalized spacial score (nSPS) is 24.7. The zero-order valence-electron chi connectivity index (χ0n) is 10.9. The van der Waals surface area contributed by atoms with E-state index in [1.165, 1.54) is 7.05 Å². The van der Waals surface area contributed by atoms with Crippen LogP contribution >= 0.6 is 0 Å². The van der Waals surface area contributed by atoms with Crippen LogP contribution < -0.4 is 16.4 Å². The van der Waals surface area contributed by atoms with Crippen LogP contribution in [0, 0.1) is 0 Å². The number of benzene rings is 1. The summed E-state index contributed by atoms with van der Waals surface area (Å²) in [5.41, 5.74) is 6.63. The number of anilines is 1. The van der Waals surface area contributed by atoms with Gasteiger partial charge in [0.15, 0.2) is 5.54 Å². The number of nitrogens with zero attached hydrogens (tertiary/aromatic N) is 1. The Morgan fingerprint density at radius 2 is 2.10 bits per heavy atom. The highest BCUT2D eigenvalue weighted by atomic mass is 16.2. The van der Waals surface area contributed by atoms with Gasteiger partial charge in [0.25, 0.3) is 5.91 Å². The van der Waals surface area contributed by atoms with E-state index in [0.29, 0.717) is 5.56 Å². The number of hydrogen-bond donors (Lipinski definition) is 3. The summed E-state index contributed by atoms with van der Waals surface area (Å²) < 4.78 is 0. The molecule has 0 saturated carbocycles. The number of urea groups is 1. The number of carbonyl (C=O) groups excluding carboxylic acids is 3. The monoisotopic (exact) mass is 274 g/mol. The second-order valence-electron chi connectivity index (χ2n) is 5.00. The first-order chi connectivity index (χ1) is 9.48. The van der Waals surface area contributed by atoms with Crippen LogP contribution in [0.1, 0.15) is 11.1 Å². The van der Waals surface area contributed by atoms with Gasteiger partial charge in [-0.3, -0.25) is 14.5 Å². The largest absolute Gasteiger partial charge is 0.327 e. The lowest BCUT2D eigenvalue weighted by Crippen LogP contribution is -2.50. The third kappa shape index (κ3) is 1.53. The van der Waals surface area contributed by atoms with E-state index in [2.05, 4.69) is 10.6 Å².